The molecule has 0 fully saturated rings. The molecule has 0 saturated carbocycles. The first-order chi connectivity index (χ1) is 8.77. The summed E-state index contributed by atoms with van der Waals surface area (Å²) in [5.41, 5.74) is -0.851. The van der Waals surface area contributed by atoms with Crippen LogP contribution in [0.4, 0.5) is 28.9 Å². The molecule has 9 heteroatoms. The third-order valence-corrected chi connectivity index (χ3v) is 2.17. The zero-order chi connectivity index (χ0) is 14.6. The number of halogens is 4. The Balaban J connectivity index is 2.91. The molecular weight excluding hydrogens is 270 g/mol. The van der Waals surface area contributed by atoms with Gasteiger partial charge in [0.05, 0.1) is 22.7 Å². The number of nitrogens with one attached hydrogen (secondary N) is 1. The topological polar surface area (TPSA) is 79.0 Å². The number of hydrogen-bond acceptors (Lipinski definition) is 4. The third-order valence-electron chi connectivity index (χ3n) is 2.17. The first kappa shape index (κ1) is 14.7. The van der Waals surface area contributed by atoms with Crippen LogP contribution in [-0.2, 0) is 0 Å². The first-order valence-electron chi connectivity index (χ1n) is 4.86. The van der Waals surface area contributed by atoms with E-state index in [9.17, 15) is 27.7 Å². The number of rotatable bonds is 5. The summed E-state index contributed by atoms with van der Waals surface area (Å²) >= 11 is 0. The van der Waals surface area contributed by atoms with Crippen LogP contribution in [0.2, 0.25) is 0 Å². The van der Waals surface area contributed by atoms with Crippen molar-refractivity contribution in [3.8, 4) is 6.07 Å². The van der Waals surface area contributed by atoms with Gasteiger partial charge in [-0.05, 0) is 6.07 Å². The molecule has 0 atom stereocenters. The maximum absolute atomic E-state index is 12.7. The summed E-state index contributed by atoms with van der Waals surface area (Å²) in [4.78, 5) is 9.68. The predicted octanol–water partition coefficient (Wildman–Crippen LogP) is 2.78. The van der Waals surface area contributed by atoms with E-state index in [0.717, 1.165) is 18.2 Å². The van der Waals surface area contributed by atoms with E-state index in [1.807, 2.05) is 5.32 Å². The minimum atomic E-state index is -4.26. The summed E-state index contributed by atoms with van der Waals surface area (Å²) in [5, 5.41) is 21.1. The van der Waals surface area contributed by atoms with Crippen LogP contribution in [0.15, 0.2) is 18.2 Å². The Hall–Kier alpha value is -2.37. The zero-order valence-corrected chi connectivity index (χ0v) is 9.24. The Morgan fingerprint density at radius 2 is 2.11 bits per heavy atom. The Kier molecular flexibility index (Phi) is 4.26. The van der Waals surface area contributed by atoms with E-state index in [2.05, 4.69) is 0 Å². The first-order valence-corrected chi connectivity index (χ1v) is 4.86. The standard InChI is InChI=1S/C10H7F4N3O2/c11-9(12)10(13,14)5-16-8-2-1-7(17(18)19)3-6(8)4-15/h1-3,9,16H,5H2. The van der Waals surface area contributed by atoms with Crippen molar-refractivity contribution in [2.45, 2.75) is 12.3 Å². The maximum Gasteiger partial charge on any atom is 0.324 e. The minimum Gasteiger partial charge on any atom is -0.378 e. The molecule has 1 aromatic carbocycles. The van der Waals surface area contributed by atoms with Crippen molar-refractivity contribution in [2.24, 2.45) is 0 Å². The second kappa shape index (κ2) is 5.51. The fourth-order valence-corrected chi connectivity index (χ4v) is 1.18. The quantitative estimate of drug-likeness (QED) is 0.510. The molecule has 102 valence electrons. The molecule has 0 heterocycles. The lowest BCUT2D eigenvalue weighted by Crippen LogP contribution is -2.34. The van der Waals surface area contributed by atoms with Crippen LogP contribution in [0.1, 0.15) is 5.56 Å². The Morgan fingerprint density at radius 1 is 1.47 bits per heavy atom. The van der Waals surface area contributed by atoms with Crippen LogP contribution in [0.25, 0.3) is 0 Å². The molecule has 0 bridgehead atoms. The fourth-order valence-electron chi connectivity index (χ4n) is 1.18. The Morgan fingerprint density at radius 3 is 2.58 bits per heavy atom. The molecule has 0 aliphatic carbocycles. The van der Waals surface area contributed by atoms with Crippen molar-refractivity contribution in [1.29, 1.82) is 5.26 Å². The van der Waals surface area contributed by atoms with E-state index >= 15 is 0 Å². The van der Waals surface area contributed by atoms with Gasteiger partial charge in [-0.25, -0.2) is 8.78 Å². The summed E-state index contributed by atoms with van der Waals surface area (Å²) in [6.07, 6.45) is -3.84. The van der Waals surface area contributed by atoms with Crippen molar-refractivity contribution in [3.05, 3.63) is 33.9 Å². The number of nitrogens with zero attached hydrogens (tertiary/aromatic N) is 2. The van der Waals surface area contributed by atoms with Crippen molar-refractivity contribution in [2.75, 3.05) is 11.9 Å². The Bertz CT molecular complexity index is 528. The molecule has 0 spiro atoms. The second-order valence-corrected chi connectivity index (χ2v) is 3.51. The average Bonchev–Trinajstić information content (AvgIpc) is 2.35. The van der Waals surface area contributed by atoms with E-state index in [1.54, 1.807) is 6.07 Å². The number of nitriles is 1. The highest BCUT2D eigenvalue weighted by Gasteiger charge is 2.40. The number of non-ortho nitro benzene ring substituents is 1. The summed E-state index contributed by atoms with van der Waals surface area (Å²) in [5.74, 6) is -4.26. The molecule has 0 aliphatic rings. The van der Waals surface area contributed by atoms with E-state index in [1.165, 1.54) is 0 Å². The van der Waals surface area contributed by atoms with Crippen molar-refractivity contribution in [3.63, 3.8) is 0 Å². The zero-order valence-electron chi connectivity index (χ0n) is 9.24. The lowest BCUT2D eigenvalue weighted by Gasteiger charge is -2.16. The van der Waals surface area contributed by atoms with Crippen LogP contribution in [0.5, 0.6) is 0 Å². The highest BCUT2D eigenvalue weighted by Crippen LogP contribution is 2.26. The number of nitro benzene ring substituents is 1. The molecule has 19 heavy (non-hydrogen) atoms. The predicted molar refractivity (Wildman–Crippen MR) is 57.3 cm³/mol. The Labute approximate surface area is 104 Å². The van der Waals surface area contributed by atoms with Gasteiger partial charge in [-0.15, -0.1) is 0 Å². The van der Waals surface area contributed by atoms with E-state index < -0.39 is 29.5 Å². The smallest absolute Gasteiger partial charge is 0.324 e. The lowest BCUT2D eigenvalue weighted by atomic mass is 10.1. The van der Waals surface area contributed by atoms with Crippen LogP contribution < -0.4 is 5.32 Å². The second-order valence-electron chi connectivity index (χ2n) is 3.51. The highest BCUT2D eigenvalue weighted by atomic mass is 19.3. The number of anilines is 1. The number of hydrogen-bond donors (Lipinski definition) is 1. The van der Waals surface area contributed by atoms with Gasteiger partial charge in [0.25, 0.3) is 5.69 Å². The SMILES string of the molecule is N#Cc1cc([N+](=O)[O-])ccc1NCC(F)(F)C(F)F. The van der Waals surface area contributed by atoms with Gasteiger partial charge in [0, 0.05) is 12.1 Å². The lowest BCUT2D eigenvalue weighted by molar-refractivity contribution is -0.384. The molecule has 0 radical (unpaired) electrons. The van der Waals surface area contributed by atoms with Gasteiger partial charge in [0.15, 0.2) is 0 Å². The van der Waals surface area contributed by atoms with Gasteiger partial charge in [-0.2, -0.15) is 14.0 Å². The summed E-state index contributed by atoms with van der Waals surface area (Å²) < 4.78 is 49.2. The fraction of sp³-hybridized carbons (Fsp3) is 0.300. The van der Waals surface area contributed by atoms with Crippen LogP contribution >= 0.6 is 0 Å². The number of benzene rings is 1. The van der Waals surface area contributed by atoms with Crippen LogP contribution in [0, 0.1) is 21.4 Å². The van der Waals surface area contributed by atoms with E-state index in [-0.39, 0.29) is 11.3 Å². The molecule has 0 aromatic heterocycles. The van der Waals surface area contributed by atoms with Gasteiger partial charge in [0.1, 0.15) is 6.07 Å². The van der Waals surface area contributed by atoms with Crippen LogP contribution in [0.3, 0.4) is 0 Å². The molecule has 5 nitrogen and oxygen atoms in total. The molecule has 0 amide bonds. The van der Waals surface area contributed by atoms with Gasteiger partial charge < -0.3 is 5.32 Å². The number of nitro groups is 1. The maximum atomic E-state index is 12.7. The van der Waals surface area contributed by atoms with Crippen molar-refractivity contribution >= 4 is 11.4 Å². The molecule has 0 aliphatic heterocycles. The molecule has 1 aromatic rings. The van der Waals surface area contributed by atoms with Gasteiger partial charge >= 0.3 is 12.3 Å². The average molecular weight is 277 g/mol. The molecule has 0 saturated heterocycles. The molecular formula is C10H7F4N3O2. The summed E-state index contributed by atoms with van der Waals surface area (Å²) in [7, 11) is 0. The number of alkyl halides is 4. The van der Waals surface area contributed by atoms with Gasteiger partial charge in [0.2, 0.25) is 0 Å². The normalized spacial score (nSPS) is 11.2. The van der Waals surface area contributed by atoms with Crippen LogP contribution in [-0.4, -0.2) is 23.8 Å². The summed E-state index contributed by atoms with van der Waals surface area (Å²) in [6.45, 7) is -1.38. The van der Waals surface area contributed by atoms with E-state index in [0.29, 0.717) is 0 Å². The summed E-state index contributed by atoms with van der Waals surface area (Å²) in [6, 6.07) is 4.41. The molecule has 1 N–H and O–H groups in total. The monoisotopic (exact) mass is 277 g/mol. The van der Waals surface area contributed by atoms with Crippen molar-refractivity contribution < 1.29 is 22.5 Å². The van der Waals surface area contributed by atoms with Gasteiger partial charge in [-0.3, -0.25) is 10.1 Å². The van der Waals surface area contributed by atoms with Crippen molar-refractivity contribution in [1.82, 2.24) is 0 Å². The highest BCUT2D eigenvalue weighted by molar-refractivity contribution is 5.61. The largest absolute Gasteiger partial charge is 0.378 e. The third kappa shape index (κ3) is 3.54. The molecule has 0 unspecified atom stereocenters. The molecule has 1 rings (SSSR count). The van der Waals surface area contributed by atoms with Gasteiger partial charge in [-0.1, -0.05) is 0 Å². The van der Waals surface area contributed by atoms with E-state index in [4.69, 9.17) is 5.26 Å². The minimum absolute atomic E-state index is 0.173.